The molecule has 0 spiro atoms. The lowest BCUT2D eigenvalue weighted by atomic mass is 10.0. The summed E-state index contributed by atoms with van der Waals surface area (Å²) in [5.41, 5.74) is 0.540. The predicted molar refractivity (Wildman–Crippen MR) is 123 cm³/mol. The molecule has 4 rings (SSSR count). The molecule has 2 heterocycles. The van der Waals surface area contributed by atoms with Crippen LogP contribution in [0.1, 0.15) is 44.1 Å². The Balaban J connectivity index is 0.000000367. The zero-order chi connectivity index (χ0) is 21.8. The number of nitrogens with one attached hydrogen (secondary N) is 1. The Kier molecular flexibility index (Phi) is 7.26. The summed E-state index contributed by atoms with van der Waals surface area (Å²) in [6.45, 7) is 0.0956. The molecule has 3 aromatic rings. The molecule has 1 N–H and O–H groups in total. The number of imidazole rings is 1. The zero-order valence-electron chi connectivity index (χ0n) is 17.5. The van der Waals surface area contributed by atoms with Crippen LogP contribution in [-0.4, -0.2) is 25.7 Å². The fourth-order valence-electron chi connectivity index (χ4n) is 3.69. The number of halogens is 2. The molecule has 0 bridgehead atoms. The van der Waals surface area contributed by atoms with Crippen LogP contribution in [0.2, 0.25) is 10.0 Å². The van der Waals surface area contributed by atoms with Gasteiger partial charge >= 0.3 is 5.69 Å². The topological polar surface area (TPSA) is 73.8 Å². The maximum Gasteiger partial charge on any atom is 0.332 e. The van der Waals surface area contributed by atoms with E-state index in [4.69, 9.17) is 23.2 Å². The molecule has 0 aliphatic heterocycles. The van der Waals surface area contributed by atoms with Crippen LogP contribution in [0.3, 0.4) is 0 Å². The molecule has 162 valence electrons. The van der Waals surface area contributed by atoms with Gasteiger partial charge in [-0.3, -0.25) is 13.9 Å². The third-order valence-corrected chi connectivity index (χ3v) is 6.15. The number of hydrogen-bond donors (Lipinski definition) is 1. The van der Waals surface area contributed by atoms with Gasteiger partial charge < -0.3 is 9.88 Å². The van der Waals surface area contributed by atoms with Gasteiger partial charge in [-0.1, -0.05) is 67.8 Å². The molecule has 30 heavy (non-hydrogen) atoms. The molecule has 7 nitrogen and oxygen atoms in total. The molecule has 0 saturated heterocycles. The Bertz CT molecular complexity index is 1150. The van der Waals surface area contributed by atoms with Crippen LogP contribution in [0.15, 0.2) is 27.8 Å². The summed E-state index contributed by atoms with van der Waals surface area (Å²) in [7, 11) is 5.01. The van der Waals surface area contributed by atoms with Crippen LogP contribution in [0, 0.1) is 0 Å². The summed E-state index contributed by atoms with van der Waals surface area (Å²) in [6, 6.07) is 5.01. The monoisotopic (exact) mass is 451 g/mol. The maximum atomic E-state index is 12.8. The van der Waals surface area contributed by atoms with Gasteiger partial charge in [0, 0.05) is 21.1 Å². The number of nitrogens with zero attached hydrogens (tertiary/aromatic N) is 4. The van der Waals surface area contributed by atoms with Crippen molar-refractivity contribution in [1.82, 2.24) is 18.7 Å². The second-order valence-corrected chi connectivity index (χ2v) is 8.33. The van der Waals surface area contributed by atoms with Crippen molar-refractivity contribution in [2.75, 3.05) is 12.4 Å². The minimum Gasteiger partial charge on any atom is -0.359 e. The summed E-state index contributed by atoms with van der Waals surface area (Å²) in [5, 5.41) is 3.69. The number of rotatable bonds is 3. The first-order valence-electron chi connectivity index (χ1n) is 10.1. The highest BCUT2D eigenvalue weighted by Gasteiger charge is 2.18. The van der Waals surface area contributed by atoms with E-state index >= 15 is 0 Å². The quantitative estimate of drug-likeness (QED) is 0.648. The lowest BCUT2D eigenvalue weighted by Gasteiger charge is -2.09. The number of benzene rings is 1. The molecule has 9 heteroatoms. The van der Waals surface area contributed by atoms with Crippen LogP contribution in [0.25, 0.3) is 11.2 Å². The SMILES string of the molecule is C1CCCCC1.CNc1nc2c(c(=O)n(Cc3ccc(Cl)c(Cl)c3)c(=O)n2C)n1C. The number of anilines is 1. The second-order valence-electron chi connectivity index (χ2n) is 7.52. The van der Waals surface area contributed by atoms with E-state index in [0.717, 1.165) is 4.57 Å². The highest BCUT2D eigenvalue weighted by molar-refractivity contribution is 6.42. The van der Waals surface area contributed by atoms with E-state index in [2.05, 4.69) is 10.3 Å². The standard InChI is InChI=1S/C15H15Cl2N5O2.C6H12/c1-18-14-19-12-11(20(14)2)13(23)22(15(24)21(12)3)7-8-4-5-9(16)10(17)6-8;1-2-4-6-5-3-1/h4-6H,7H2,1-3H3,(H,18,19);1-6H2. The Labute approximate surface area is 185 Å². The molecule has 1 aliphatic rings. The Morgan fingerprint density at radius 2 is 1.57 bits per heavy atom. The van der Waals surface area contributed by atoms with Crippen LogP contribution in [0.4, 0.5) is 5.95 Å². The second kappa shape index (κ2) is 9.71. The van der Waals surface area contributed by atoms with Crippen molar-refractivity contribution in [3.63, 3.8) is 0 Å². The smallest absolute Gasteiger partial charge is 0.332 e. The molecule has 0 unspecified atom stereocenters. The molecule has 1 aromatic carbocycles. The molecule has 0 amide bonds. The van der Waals surface area contributed by atoms with Crippen molar-refractivity contribution < 1.29 is 0 Å². The maximum absolute atomic E-state index is 12.8. The lowest BCUT2D eigenvalue weighted by molar-refractivity contribution is 0.504. The fraction of sp³-hybridized carbons (Fsp3) is 0.476. The minimum absolute atomic E-state index is 0.0956. The number of aryl methyl sites for hydroxylation is 2. The van der Waals surface area contributed by atoms with Gasteiger partial charge in [0.2, 0.25) is 5.95 Å². The molecule has 1 aliphatic carbocycles. The van der Waals surface area contributed by atoms with E-state index in [-0.39, 0.29) is 6.54 Å². The van der Waals surface area contributed by atoms with Gasteiger partial charge in [-0.05, 0) is 17.7 Å². The molecule has 1 saturated carbocycles. The van der Waals surface area contributed by atoms with Crippen LogP contribution >= 0.6 is 23.2 Å². The largest absolute Gasteiger partial charge is 0.359 e. The van der Waals surface area contributed by atoms with Crippen molar-refractivity contribution in [2.45, 2.75) is 45.1 Å². The van der Waals surface area contributed by atoms with Gasteiger partial charge in [0.1, 0.15) is 0 Å². The van der Waals surface area contributed by atoms with Gasteiger partial charge in [-0.25, -0.2) is 4.79 Å². The number of fused-ring (bicyclic) bond motifs is 1. The van der Waals surface area contributed by atoms with Gasteiger partial charge in [0.25, 0.3) is 5.56 Å². The van der Waals surface area contributed by atoms with Crippen molar-refractivity contribution in [2.24, 2.45) is 14.1 Å². The summed E-state index contributed by atoms with van der Waals surface area (Å²) in [6.07, 6.45) is 9.00. The molecule has 2 aromatic heterocycles. The van der Waals surface area contributed by atoms with E-state index in [0.29, 0.717) is 32.7 Å². The Morgan fingerprint density at radius 1 is 0.967 bits per heavy atom. The highest BCUT2D eigenvalue weighted by Crippen LogP contribution is 2.23. The van der Waals surface area contributed by atoms with E-state index in [9.17, 15) is 9.59 Å². The van der Waals surface area contributed by atoms with Gasteiger partial charge in [-0.15, -0.1) is 0 Å². The third-order valence-electron chi connectivity index (χ3n) is 5.41. The molecule has 0 radical (unpaired) electrons. The zero-order valence-corrected chi connectivity index (χ0v) is 19.1. The van der Waals surface area contributed by atoms with E-state index in [1.54, 1.807) is 43.9 Å². The van der Waals surface area contributed by atoms with Gasteiger partial charge in [0.15, 0.2) is 11.2 Å². The van der Waals surface area contributed by atoms with Crippen molar-refractivity contribution in [3.05, 3.63) is 54.6 Å². The van der Waals surface area contributed by atoms with Crippen LogP contribution in [0.5, 0.6) is 0 Å². The number of hydrogen-bond acceptors (Lipinski definition) is 4. The van der Waals surface area contributed by atoms with Gasteiger partial charge in [0.05, 0.1) is 16.6 Å². The van der Waals surface area contributed by atoms with E-state index in [1.165, 1.54) is 43.1 Å². The van der Waals surface area contributed by atoms with E-state index in [1.807, 2.05) is 0 Å². The summed E-state index contributed by atoms with van der Waals surface area (Å²) in [4.78, 5) is 29.7. The first-order chi connectivity index (χ1) is 14.3. The molecule has 0 atom stereocenters. The van der Waals surface area contributed by atoms with Crippen LogP contribution < -0.4 is 16.6 Å². The average molecular weight is 452 g/mol. The first kappa shape index (κ1) is 22.4. The lowest BCUT2D eigenvalue weighted by Crippen LogP contribution is -2.39. The Hall–Kier alpha value is -2.25. The molecule has 1 fully saturated rings. The van der Waals surface area contributed by atoms with Gasteiger partial charge in [-0.2, -0.15) is 4.98 Å². The third kappa shape index (κ3) is 4.57. The van der Waals surface area contributed by atoms with Crippen molar-refractivity contribution >= 4 is 40.3 Å². The predicted octanol–water partition coefficient (Wildman–Crippen LogP) is 4.17. The van der Waals surface area contributed by atoms with Crippen molar-refractivity contribution in [1.29, 1.82) is 0 Å². The minimum atomic E-state index is -0.445. The molecular formula is C21H27Cl2N5O2. The summed E-state index contributed by atoms with van der Waals surface area (Å²) in [5.74, 6) is 0.504. The van der Waals surface area contributed by atoms with Crippen LogP contribution in [-0.2, 0) is 20.6 Å². The first-order valence-corrected chi connectivity index (χ1v) is 10.9. The van der Waals surface area contributed by atoms with Crippen molar-refractivity contribution in [3.8, 4) is 0 Å². The normalized spacial score (nSPS) is 13.8. The summed E-state index contributed by atoms with van der Waals surface area (Å²) >= 11 is 11.9. The molecular weight excluding hydrogens is 425 g/mol. The Morgan fingerprint density at radius 3 is 2.10 bits per heavy atom. The highest BCUT2D eigenvalue weighted by atomic mass is 35.5. The fourth-order valence-corrected chi connectivity index (χ4v) is 4.01. The average Bonchev–Trinajstić information content (AvgIpc) is 3.10. The summed E-state index contributed by atoms with van der Waals surface area (Å²) < 4.78 is 4.14. The van der Waals surface area contributed by atoms with E-state index < -0.39 is 11.2 Å². The number of aromatic nitrogens is 4.